The number of sulfonamides is 1. The number of fused-ring (bicyclic) bond motifs is 1. The lowest BCUT2D eigenvalue weighted by atomic mass is 10.1. The zero-order valence-electron chi connectivity index (χ0n) is 13.0. The van der Waals surface area contributed by atoms with E-state index in [1.807, 2.05) is 0 Å². The van der Waals surface area contributed by atoms with Crippen LogP contribution in [-0.2, 0) is 22.9 Å². The molecule has 0 saturated heterocycles. The van der Waals surface area contributed by atoms with Crippen LogP contribution >= 0.6 is 0 Å². The third-order valence-electron chi connectivity index (χ3n) is 4.14. The SMILES string of the molecule is Cc1cc(F)ccc1NS(=O)(=O)c1cc(C(=O)O)cc2c1CCC2. The first-order valence-electron chi connectivity index (χ1n) is 7.46. The molecule has 2 N–H and O–H groups in total. The molecule has 3 rings (SSSR count). The Morgan fingerprint density at radius 2 is 1.96 bits per heavy atom. The van der Waals surface area contributed by atoms with Crippen LogP contribution in [0.25, 0.3) is 0 Å². The third kappa shape index (κ3) is 2.99. The molecule has 0 radical (unpaired) electrons. The lowest BCUT2D eigenvalue weighted by Gasteiger charge is -2.14. The van der Waals surface area contributed by atoms with Crippen LogP contribution in [0.2, 0.25) is 0 Å². The van der Waals surface area contributed by atoms with Gasteiger partial charge in [0, 0.05) is 0 Å². The second-order valence-electron chi connectivity index (χ2n) is 5.84. The lowest BCUT2D eigenvalue weighted by Crippen LogP contribution is -2.17. The van der Waals surface area contributed by atoms with Crippen molar-refractivity contribution < 1.29 is 22.7 Å². The third-order valence-corrected chi connectivity index (χ3v) is 5.58. The molecule has 0 amide bonds. The molecule has 5 nitrogen and oxygen atoms in total. The van der Waals surface area contributed by atoms with Gasteiger partial charge in [-0.1, -0.05) is 0 Å². The summed E-state index contributed by atoms with van der Waals surface area (Å²) in [4.78, 5) is 11.3. The highest BCUT2D eigenvalue weighted by Crippen LogP contribution is 2.31. The van der Waals surface area contributed by atoms with Gasteiger partial charge in [0.2, 0.25) is 0 Å². The van der Waals surface area contributed by atoms with Crippen LogP contribution in [0, 0.1) is 12.7 Å². The normalized spacial score (nSPS) is 13.6. The van der Waals surface area contributed by atoms with Crippen LogP contribution in [0.3, 0.4) is 0 Å². The second kappa shape index (κ2) is 5.90. The fourth-order valence-corrected chi connectivity index (χ4v) is 4.44. The number of benzene rings is 2. The average Bonchev–Trinajstić information content (AvgIpc) is 2.97. The van der Waals surface area contributed by atoms with Crippen molar-refractivity contribution in [1.29, 1.82) is 0 Å². The van der Waals surface area contributed by atoms with Crippen LogP contribution in [0.15, 0.2) is 35.2 Å². The van der Waals surface area contributed by atoms with Gasteiger partial charge in [0.1, 0.15) is 5.82 Å². The topological polar surface area (TPSA) is 83.5 Å². The van der Waals surface area contributed by atoms with E-state index in [1.165, 1.54) is 30.3 Å². The summed E-state index contributed by atoms with van der Waals surface area (Å²) in [5.41, 5.74) is 2.08. The summed E-state index contributed by atoms with van der Waals surface area (Å²) in [6, 6.07) is 6.48. The van der Waals surface area contributed by atoms with E-state index in [-0.39, 0.29) is 16.1 Å². The van der Waals surface area contributed by atoms with Crippen molar-refractivity contribution in [3.63, 3.8) is 0 Å². The highest BCUT2D eigenvalue weighted by atomic mass is 32.2. The van der Waals surface area contributed by atoms with Crippen molar-refractivity contribution in [3.05, 3.63) is 58.4 Å². The van der Waals surface area contributed by atoms with Gasteiger partial charge in [0.25, 0.3) is 10.0 Å². The maximum Gasteiger partial charge on any atom is 0.335 e. The van der Waals surface area contributed by atoms with Gasteiger partial charge < -0.3 is 5.11 Å². The van der Waals surface area contributed by atoms with Crippen LogP contribution in [0.1, 0.15) is 33.5 Å². The summed E-state index contributed by atoms with van der Waals surface area (Å²) in [5, 5.41) is 9.21. The maximum absolute atomic E-state index is 13.2. The van der Waals surface area contributed by atoms with Gasteiger partial charge in [0.15, 0.2) is 0 Å². The minimum atomic E-state index is -3.97. The maximum atomic E-state index is 13.2. The summed E-state index contributed by atoms with van der Waals surface area (Å²) < 4.78 is 41.2. The Morgan fingerprint density at radius 1 is 1.21 bits per heavy atom. The molecule has 0 aromatic heterocycles. The number of aromatic carboxylic acids is 1. The largest absolute Gasteiger partial charge is 0.478 e. The molecule has 0 saturated carbocycles. The Morgan fingerprint density at radius 3 is 2.62 bits per heavy atom. The first-order chi connectivity index (χ1) is 11.3. The van der Waals surface area contributed by atoms with E-state index in [4.69, 9.17) is 0 Å². The van der Waals surface area contributed by atoms with Gasteiger partial charge in [-0.3, -0.25) is 4.72 Å². The Bertz CT molecular complexity index is 938. The second-order valence-corrected chi connectivity index (χ2v) is 7.49. The average molecular weight is 349 g/mol. The summed E-state index contributed by atoms with van der Waals surface area (Å²) in [5.74, 6) is -1.62. The molecule has 0 fully saturated rings. The Hall–Kier alpha value is -2.41. The van der Waals surface area contributed by atoms with Crippen molar-refractivity contribution in [1.82, 2.24) is 0 Å². The Labute approximate surface area is 139 Å². The molecule has 1 aliphatic rings. The number of anilines is 1. The number of carbonyl (C=O) groups is 1. The van der Waals surface area contributed by atoms with Gasteiger partial charge in [0.05, 0.1) is 16.1 Å². The number of rotatable bonds is 4. The number of aryl methyl sites for hydroxylation is 2. The molecular weight excluding hydrogens is 333 g/mol. The number of nitrogens with one attached hydrogen (secondary N) is 1. The Balaban J connectivity index is 2.08. The molecule has 2 aromatic rings. The Kier molecular flexibility index (Phi) is 4.04. The molecule has 1 aliphatic carbocycles. The van der Waals surface area contributed by atoms with Crippen molar-refractivity contribution in [2.24, 2.45) is 0 Å². The molecule has 24 heavy (non-hydrogen) atoms. The standard InChI is InChI=1S/C17H16FNO4S/c1-10-7-13(18)5-6-15(10)19-24(22,23)16-9-12(17(20)21)8-11-3-2-4-14(11)16/h5-9,19H,2-4H2,1H3,(H,20,21). The number of hydrogen-bond acceptors (Lipinski definition) is 3. The first kappa shape index (κ1) is 16.4. The van der Waals surface area contributed by atoms with E-state index >= 15 is 0 Å². The molecule has 0 unspecified atom stereocenters. The predicted octanol–water partition coefficient (Wildman–Crippen LogP) is 3.12. The highest BCUT2D eigenvalue weighted by Gasteiger charge is 2.26. The highest BCUT2D eigenvalue weighted by molar-refractivity contribution is 7.92. The minimum absolute atomic E-state index is 0.0152. The van der Waals surface area contributed by atoms with E-state index in [1.54, 1.807) is 6.92 Å². The van der Waals surface area contributed by atoms with Gasteiger partial charge in [-0.05, 0) is 73.2 Å². The molecule has 0 spiro atoms. The zero-order valence-corrected chi connectivity index (χ0v) is 13.8. The lowest BCUT2D eigenvalue weighted by molar-refractivity contribution is 0.0696. The molecule has 7 heteroatoms. The van der Waals surface area contributed by atoms with E-state index in [0.717, 1.165) is 12.0 Å². The summed E-state index contributed by atoms with van der Waals surface area (Å²) in [6.45, 7) is 1.60. The number of hydrogen-bond donors (Lipinski definition) is 2. The molecule has 126 valence electrons. The molecule has 0 bridgehead atoms. The van der Waals surface area contributed by atoms with E-state index < -0.39 is 21.8 Å². The van der Waals surface area contributed by atoms with Gasteiger partial charge in [-0.25, -0.2) is 17.6 Å². The zero-order chi connectivity index (χ0) is 17.5. The van der Waals surface area contributed by atoms with Crippen LogP contribution in [0.4, 0.5) is 10.1 Å². The first-order valence-corrected chi connectivity index (χ1v) is 8.94. The molecule has 0 aliphatic heterocycles. The molecule has 0 heterocycles. The fraction of sp³-hybridized carbons (Fsp3) is 0.235. The fourth-order valence-electron chi connectivity index (χ4n) is 2.97. The number of halogens is 1. The molecule has 2 aromatic carbocycles. The summed E-state index contributed by atoms with van der Waals surface area (Å²) in [6.07, 6.45) is 2.04. The van der Waals surface area contributed by atoms with E-state index in [9.17, 15) is 22.7 Å². The van der Waals surface area contributed by atoms with E-state index in [2.05, 4.69) is 4.72 Å². The quantitative estimate of drug-likeness (QED) is 0.888. The van der Waals surface area contributed by atoms with Gasteiger partial charge in [-0.2, -0.15) is 0 Å². The smallest absolute Gasteiger partial charge is 0.335 e. The van der Waals surface area contributed by atoms with Crippen LogP contribution < -0.4 is 4.72 Å². The van der Waals surface area contributed by atoms with Crippen molar-refractivity contribution >= 4 is 21.7 Å². The monoisotopic (exact) mass is 349 g/mol. The number of carboxylic acids is 1. The summed E-state index contributed by atoms with van der Waals surface area (Å²) in [7, 11) is -3.97. The van der Waals surface area contributed by atoms with Crippen LogP contribution in [-0.4, -0.2) is 19.5 Å². The van der Waals surface area contributed by atoms with E-state index in [0.29, 0.717) is 24.0 Å². The molecular formula is C17H16FNO4S. The van der Waals surface area contributed by atoms with Gasteiger partial charge in [-0.15, -0.1) is 0 Å². The van der Waals surface area contributed by atoms with Gasteiger partial charge >= 0.3 is 5.97 Å². The van der Waals surface area contributed by atoms with Crippen LogP contribution in [0.5, 0.6) is 0 Å². The number of carboxylic acid groups (broad SMARTS) is 1. The molecule has 0 atom stereocenters. The van der Waals surface area contributed by atoms with Crippen molar-refractivity contribution in [3.8, 4) is 0 Å². The predicted molar refractivity (Wildman–Crippen MR) is 87.4 cm³/mol. The minimum Gasteiger partial charge on any atom is -0.478 e. The summed E-state index contributed by atoms with van der Waals surface area (Å²) >= 11 is 0. The van der Waals surface area contributed by atoms with Crippen molar-refractivity contribution in [2.45, 2.75) is 31.1 Å². The van der Waals surface area contributed by atoms with Crippen molar-refractivity contribution in [2.75, 3.05) is 4.72 Å².